The van der Waals surface area contributed by atoms with Gasteiger partial charge in [0.15, 0.2) is 0 Å². The fourth-order valence-corrected chi connectivity index (χ4v) is 2.77. The number of rotatable bonds is 4. The third-order valence-corrected chi connectivity index (χ3v) is 4.02. The van der Waals surface area contributed by atoms with Crippen molar-refractivity contribution in [3.63, 3.8) is 0 Å². The second-order valence-corrected chi connectivity index (χ2v) is 5.61. The molecule has 5 nitrogen and oxygen atoms in total. The summed E-state index contributed by atoms with van der Waals surface area (Å²) in [4.78, 5) is 25.5. The smallest absolute Gasteiger partial charge is 0.237 e. The Labute approximate surface area is 143 Å². The van der Waals surface area contributed by atoms with Crippen LogP contribution in [-0.2, 0) is 9.59 Å². The van der Waals surface area contributed by atoms with Crippen molar-refractivity contribution in [3.8, 4) is 0 Å². The molecule has 3 rings (SSSR count). The first-order chi connectivity index (χ1) is 12.0. The number of carbonyl (C=O) groups excluding carboxylic acids is 2. The van der Waals surface area contributed by atoms with E-state index in [9.17, 15) is 18.4 Å². The Kier molecular flexibility index (Phi) is 4.65. The Morgan fingerprint density at radius 3 is 2.36 bits per heavy atom. The summed E-state index contributed by atoms with van der Waals surface area (Å²) in [6.45, 7) is 1.98. The van der Waals surface area contributed by atoms with Crippen molar-refractivity contribution in [1.29, 1.82) is 0 Å². The minimum absolute atomic E-state index is 0.0187. The van der Waals surface area contributed by atoms with Gasteiger partial charge in [-0.1, -0.05) is 0 Å². The van der Waals surface area contributed by atoms with Crippen molar-refractivity contribution in [2.45, 2.75) is 19.3 Å². The van der Waals surface area contributed by atoms with Crippen LogP contribution in [0.1, 0.15) is 24.8 Å². The molecule has 1 heterocycles. The number of benzene rings is 2. The molecule has 2 aromatic carbocycles. The molecule has 0 saturated carbocycles. The molecule has 1 unspecified atom stereocenters. The van der Waals surface area contributed by atoms with Gasteiger partial charge in [-0.05, 0) is 55.0 Å². The van der Waals surface area contributed by atoms with Crippen LogP contribution >= 0.6 is 0 Å². The first-order valence-electron chi connectivity index (χ1n) is 7.80. The molecule has 1 aliphatic heterocycles. The maximum atomic E-state index is 13.7. The average molecular weight is 343 g/mol. The highest BCUT2D eigenvalue weighted by atomic mass is 19.1. The van der Waals surface area contributed by atoms with Gasteiger partial charge in [0.25, 0.3) is 0 Å². The lowest BCUT2D eigenvalue weighted by atomic mass is 9.96. The van der Waals surface area contributed by atoms with Gasteiger partial charge in [0.2, 0.25) is 11.8 Å². The van der Waals surface area contributed by atoms with Crippen LogP contribution < -0.4 is 0 Å². The third kappa shape index (κ3) is 3.45. The van der Waals surface area contributed by atoms with Crippen LogP contribution in [0.3, 0.4) is 0 Å². The number of hydrogen-bond donors (Lipinski definition) is 0. The summed E-state index contributed by atoms with van der Waals surface area (Å²) in [5, 5.41) is 8.04. The maximum Gasteiger partial charge on any atom is 0.237 e. The Balaban J connectivity index is 1.95. The fourth-order valence-electron chi connectivity index (χ4n) is 2.77. The highest BCUT2D eigenvalue weighted by molar-refractivity contribution is 6.06. The topological polar surface area (TPSA) is 62.1 Å². The molecular weight excluding hydrogens is 328 g/mol. The molecule has 2 aromatic rings. The summed E-state index contributed by atoms with van der Waals surface area (Å²) in [5.41, 5.74) is 1.04. The highest BCUT2D eigenvalue weighted by Crippen LogP contribution is 2.36. The number of carbonyl (C=O) groups is 2. The minimum Gasteiger partial charge on any atom is -0.282 e. The minimum atomic E-state index is -0.773. The molecule has 128 valence electrons. The fraction of sp³-hybridized carbons (Fsp3) is 0.222. The average Bonchev–Trinajstić information content (AvgIpc) is 2.89. The van der Waals surface area contributed by atoms with Gasteiger partial charge in [-0.15, -0.1) is 0 Å². The van der Waals surface area contributed by atoms with Crippen LogP contribution in [0.15, 0.2) is 52.7 Å². The predicted octanol–water partition coefficient (Wildman–Crippen LogP) is 4.24. The molecule has 7 heteroatoms. The summed E-state index contributed by atoms with van der Waals surface area (Å²) in [5.74, 6) is -2.34. The van der Waals surface area contributed by atoms with E-state index in [0.717, 1.165) is 4.90 Å². The third-order valence-electron chi connectivity index (χ3n) is 4.02. The van der Waals surface area contributed by atoms with Gasteiger partial charge in [-0.25, -0.2) is 8.78 Å². The quantitative estimate of drug-likeness (QED) is 0.616. The summed E-state index contributed by atoms with van der Waals surface area (Å²) < 4.78 is 26.6. The molecule has 2 amide bonds. The van der Waals surface area contributed by atoms with Crippen molar-refractivity contribution in [2.24, 2.45) is 10.2 Å². The molecule has 25 heavy (non-hydrogen) atoms. The van der Waals surface area contributed by atoms with E-state index >= 15 is 0 Å². The maximum absolute atomic E-state index is 13.7. The van der Waals surface area contributed by atoms with Gasteiger partial charge in [-0.2, -0.15) is 10.2 Å². The van der Waals surface area contributed by atoms with Gasteiger partial charge in [0.05, 0.1) is 17.3 Å². The summed E-state index contributed by atoms with van der Waals surface area (Å²) in [7, 11) is 0. The van der Waals surface area contributed by atoms with Crippen molar-refractivity contribution in [3.05, 3.63) is 59.7 Å². The summed E-state index contributed by atoms with van der Waals surface area (Å²) >= 11 is 0. The number of likely N-dealkylation sites (N-methyl/N-ethyl adjacent to an activating group) is 1. The van der Waals surface area contributed by atoms with Crippen LogP contribution in [-0.4, -0.2) is 23.3 Å². The van der Waals surface area contributed by atoms with Gasteiger partial charge < -0.3 is 0 Å². The molecule has 0 bridgehead atoms. The Bertz CT molecular complexity index is 850. The first-order valence-corrected chi connectivity index (χ1v) is 7.80. The molecule has 0 spiro atoms. The van der Waals surface area contributed by atoms with Crippen LogP contribution in [0.4, 0.5) is 20.2 Å². The Morgan fingerprint density at radius 2 is 1.72 bits per heavy atom. The van der Waals surface area contributed by atoms with Crippen molar-refractivity contribution < 1.29 is 18.4 Å². The number of imide groups is 1. The van der Waals surface area contributed by atoms with Crippen LogP contribution in [0, 0.1) is 11.6 Å². The van der Waals surface area contributed by atoms with Gasteiger partial charge >= 0.3 is 0 Å². The van der Waals surface area contributed by atoms with Crippen molar-refractivity contribution in [1.82, 2.24) is 4.90 Å². The van der Waals surface area contributed by atoms with Crippen molar-refractivity contribution >= 4 is 23.2 Å². The lowest BCUT2D eigenvalue weighted by Crippen LogP contribution is -2.29. The Morgan fingerprint density at radius 1 is 1.04 bits per heavy atom. The van der Waals surface area contributed by atoms with E-state index in [1.54, 1.807) is 6.92 Å². The molecular formula is C18H15F2N3O2. The highest BCUT2D eigenvalue weighted by Gasteiger charge is 2.39. The molecule has 1 atom stereocenters. The second-order valence-electron chi connectivity index (χ2n) is 5.61. The SMILES string of the molecule is CCN1C(=O)CC(c2cc(F)ccc2N=Nc2ccc(F)cc2)C1=O. The molecule has 1 fully saturated rings. The summed E-state index contributed by atoms with van der Waals surface area (Å²) in [6, 6.07) is 9.21. The van der Waals surface area contributed by atoms with Crippen molar-refractivity contribution in [2.75, 3.05) is 6.54 Å². The van der Waals surface area contributed by atoms with Crippen LogP contribution in [0.5, 0.6) is 0 Å². The normalized spacial score (nSPS) is 17.7. The van der Waals surface area contributed by atoms with E-state index in [1.807, 2.05) is 0 Å². The molecule has 0 N–H and O–H groups in total. The standard InChI is InChI=1S/C18H15F2N3O2/c1-2-23-17(24)10-15(18(23)25)14-9-12(20)5-8-16(14)22-21-13-6-3-11(19)4-7-13/h3-9,15H,2,10H2,1H3. The van der Waals surface area contributed by atoms with E-state index in [2.05, 4.69) is 10.2 Å². The number of nitrogens with zero attached hydrogens (tertiary/aromatic N) is 3. The number of azo groups is 1. The zero-order valence-corrected chi connectivity index (χ0v) is 13.4. The van der Waals surface area contributed by atoms with E-state index < -0.39 is 17.6 Å². The number of halogens is 2. The van der Waals surface area contributed by atoms with E-state index in [-0.39, 0.29) is 24.8 Å². The summed E-state index contributed by atoms with van der Waals surface area (Å²) in [6.07, 6.45) is -0.0187. The largest absolute Gasteiger partial charge is 0.282 e. The van der Waals surface area contributed by atoms with E-state index in [0.29, 0.717) is 16.9 Å². The molecule has 0 radical (unpaired) electrons. The van der Waals surface area contributed by atoms with Gasteiger partial charge in [0.1, 0.15) is 11.6 Å². The lowest BCUT2D eigenvalue weighted by Gasteiger charge is -2.13. The number of hydrogen-bond acceptors (Lipinski definition) is 4. The molecule has 1 aliphatic rings. The molecule has 0 aliphatic carbocycles. The number of amides is 2. The van der Waals surface area contributed by atoms with Crippen LogP contribution in [0.25, 0.3) is 0 Å². The second kappa shape index (κ2) is 6.88. The van der Waals surface area contributed by atoms with Gasteiger partial charge in [-0.3, -0.25) is 14.5 Å². The van der Waals surface area contributed by atoms with Crippen LogP contribution in [0.2, 0.25) is 0 Å². The zero-order valence-electron chi connectivity index (χ0n) is 13.4. The van der Waals surface area contributed by atoms with E-state index in [4.69, 9.17) is 0 Å². The molecule has 1 saturated heterocycles. The lowest BCUT2D eigenvalue weighted by molar-refractivity contribution is -0.138. The van der Waals surface area contributed by atoms with Gasteiger partial charge in [0, 0.05) is 13.0 Å². The molecule has 0 aromatic heterocycles. The Hall–Kier alpha value is -2.96. The predicted molar refractivity (Wildman–Crippen MR) is 86.7 cm³/mol. The van der Waals surface area contributed by atoms with E-state index in [1.165, 1.54) is 42.5 Å². The monoisotopic (exact) mass is 343 g/mol. The number of likely N-dealkylation sites (tertiary alicyclic amines) is 1. The first kappa shape index (κ1) is 16.9. The zero-order chi connectivity index (χ0) is 18.0.